The number of para-hydroxylation sites is 1. The van der Waals surface area contributed by atoms with Crippen LogP contribution in [0.15, 0.2) is 60.8 Å². The SMILES string of the molecule is COc1ccc(-c2nn(-c3ccccc3)cc2CN2CCC[C@H](C(N)=O)C2)cc1. The quantitative estimate of drug-likeness (QED) is 0.701. The molecule has 1 atom stereocenters. The number of nitrogens with zero attached hydrogens (tertiary/aromatic N) is 3. The Morgan fingerprint density at radius 2 is 1.93 bits per heavy atom. The van der Waals surface area contributed by atoms with Crippen molar-refractivity contribution in [3.8, 4) is 22.7 Å². The number of piperidine rings is 1. The van der Waals surface area contributed by atoms with E-state index in [1.165, 1.54) is 0 Å². The molecule has 2 aromatic carbocycles. The zero-order chi connectivity index (χ0) is 20.2. The van der Waals surface area contributed by atoms with Gasteiger partial charge in [0.15, 0.2) is 0 Å². The number of carbonyl (C=O) groups is 1. The van der Waals surface area contributed by atoms with Crippen molar-refractivity contribution in [2.24, 2.45) is 11.7 Å². The van der Waals surface area contributed by atoms with E-state index in [1.807, 2.05) is 59.3 Å². The first-order valence-electron chi connectivity index (χ1n) is 9.94. The molecule has 0 saturated carbocycles. The number of primary amides is 1. The van der Waals surface area contributed by atoms with Crippen molar-refractivity contribution in [3.63, 3.8) is 0 Å². The number of aromatic nitrogens is 2. The normalized spacial score (nSPS) is 17.2. The van der Waals surface area contributed by atoms with Crippen molar-refractivity contribution in [2.75, 3.05) is 20.2 Å². The average Bonchev–Trinajstić information content (AvgIpc) is 3.18. The van der Waals surface area contributed by atoms with Gasteiger partial charge in [-0.1, -0.05) is 18.2 Å². The van der Waals surface area contributed by atoms with E-state index in [9.17, 15) is 4.79 Å². The molecule has 1 aliphatic rings. The summed E-state index contributed by atoms with van der Waals surface area (Å²) >= 11 is 0. The van der Waals surface area contributed by atoms with E-state index < -0.39 is 0 Å². The Morgan fingerprint density at radius 1 is 1.17 bits per heavy atom. The summed E-state index contributed by atoms with van der Waals surface area (Å²) in [6, 6.07) is 18.0. The molecule has 4 rings (SSSR count). The van der Waals surface area contributed by atoms with Gasteiger partial charge < -0.3 is 10.5 Å². The van der Waals surface area contributed by atoms with Crippen molar-refractivity contribution < 1.29 is 9.53 Å². The first-order valence-corrected chi connectivity index (χ1v) is 9.94. The van der Waals surface area contributed by atoms with Gasteiger partial charge in [0.05, 0.1) is 24.4 Å². The minimum Gasteiger partial charge on any atom is -0.497 e. The van der Waals surface area contributed by atoms with E-state index >= 15 is 0 Å². The number of hydrogen-bond donors (Lipinski definition) is 1. The molecular formula is C23H26N4O2. The lowest BCUT2D eigenvalue weighted by molar-refractivity contribution is -0.123. The summed E-state index contributed by atoms with van der Waals surface area (Å²) in [5.41, 5.74) is 9.69. The van der Waals surface area contributed by atoms with Gasteiger partial charge in [-0.05, 0) is 55.8 Å². The molecule has 0 bridgehead atoms. The molecule has 1 saturated heterocycles. The van der Waals surface area contributed by atoms with Gasteiger partial charge >= 0.3 is 0 Å². The van der Waals surface area contributed by atoms with Gasteiger partial charge in [0.1, 0.15) is 5.75 Å². The number of carbonyl (C=O) groups excluding carboxylic acids is 1. The van der Waals surface area contributed by atoms with Gasteiger partial charge in [0.2, 0.25) is 5.91 Å². The van der Waals surface area contributed by atoms with Gasteiger partial charge in [0, 0.05) is 30.4 Å². The molecule has 0 unspecified atom stereocenters. The van der Waals surface area contributed by atoms with E-state index in [4.69, 9.17) is 15.6 Å². The standard InChI is InChI=1S/C23H26N4O2/c1-29-21-11-9-17(10-12-21)22-19(15-26-13-5-6-18(14-26)23(24)28)16-27(25-22)20-7-3-2-4-8-20/h2-4,7-12,16,18H,5-6,13-15H2,1H3,(H2,24,28)/t18-/m0/s1. The molecule has 6 nitrogen and oxygen atoms in total. The van der Waals surface area contributed by atoms with Crippen molar-refractivity contribution >= 4 is 5.91 Å². The van der Waals surface area contributed by atoms with Gasteiger partial charge in [-0.25, -0.2) is 4.68 Å². The topological polar surface area (TPSA) is 73.4 Å². The van der Waals surface area contributed by atoms with Crippen LogP contribution >= 0.6 is 0 Å². The van der Waals surface area contributed by atoms with E-state index in [0.29, 0.717) is 6.54 Å². The lowest BCUT2D eigenvalue weighted by Gasteiger charge is -2.31. The van der Waals surface area contributed by atoms with Crippen molar-refractivity contribution in [1.82, 2.24) is 14.7 Å². The van der Waals surface area contributed by atoms with E-state index in [-0.39, 0.29) is 11.8 Å². The van der Waals surface area contributed by atoms with Gasteiger partial charge in [-0.3, -0.25) is 9.69 Å². The first-order chi connectivity index (χ1) is 14.1. The Kier molecular flexibility index (Phi) is 5.62. The molecule has 1 fully saturated rings. The second-order valence-electron chi connectivity index (χ2n) is 7.49. The highest BCUT2D eigenvalue weighted by Crippen LogP contribution is 2.28. The van der Waals surface area contributed by atoms with Crippen molar-refractivity contribution in [2.45, 2.75) is 19.4 Å². The molecule has 6 heteroatoms. The van der Waals surface area contributed by atoms with Crippen LogP contribution < -0.4 is 10.5 Å². The summed E-state index contributed by atoms with van der Waals surface area (Å²) in [7, 11) is 1.66. The zero-order valence-corrected chi connectivity index (χ0v) is 16.6. The molecule has 1 amide bonds. The van der Waals surface area contributed by atoms with Gasteiger partial charge in [-0.15, -0.1) is 0 Å². The van der Waals surface area contributed by atoms with Gasteiger partial charge in [-0.2, -0.15) is 5.10 Å². The summed E-state index contributed by atoms with van der Waals surface area (Å²) in [6.07, 6.45) is 3.95. The average molecular weight is 390 g/mol. The number of nitrogens with two attached hydrogens (primary N) is 1. The third-order valence-electron chi connectivity index (χ3n) is 5.48. The number of benzene rings is 2. The zero-order valence-electron chi connectivity index (χ0n) is 16.6. The molecule has 2 N–H and O–H groups in total. The first kappa shape index (κ1) is 19.2. The van der Waals surface area contributed by atoms with Crippen molar-refractivity contribution in [3.05, 3.63) is 66.4 Å². The number of ether oxygens (including phenoxy) is 1. The van der Waals surface area contributed by atoms with Crippen LogP contribution in [0.1, 0.15) is 18.4 Å². The minimum absolute atomic E-state index is 0.0719. The summed E-state index contributed by atoms with van der Waals surface area (Å²) in [5, 5.41) is 4.88. The molecule has 29 heavy (non-hydrogen) atoms. The Labute approximate surface area is 170 Å². The number of likely N-dealkylation sites (tertiary alicyclic amines) is 1. The van der Waals surface area contributed by atoms with E-state index in [1.54, 1.807) is 7.11 Å². The lowest BCUT2D eigenvalue weighted by Crippen LogP contribution is -2.40. The summed E-state index contributed by atoms with van der Waals surface area (Å²) in [4.78, 5) is 14.0. The fourth-order valence-electron chi connectivity index (χ4n) is 3.90. The number of amides is 1. The predicted octanol–water partition coefficient (Wildman–Crippen LogP) is 3.25. The van der Waals surface area contributed by atoms with Crippen LogP contribution in [0.25, 0.3) is 16.9 Å². The van der Waals surface area contributed by atoms with Crippen LogP contribution in [0, 0.1) is 5.92 Å². The predicted molar refractivity (Wildman–Crippen MR) is 113 cm³/mol. The maximum absolute atomic E-state index is 11.7. The molecule has 0 aliphatic carbocycles. The number of methoxy groups -OCH3 is 1. The Bertz CT molecular complexity index is 966. The Balaban J connectivity index is 1.67. The maximum Gasteiger partial charge on any atom is 0.221 e. The molecule has 0 spiro atoms. The summed E-state index contributed by atoms with van der Waals surface area (Å²) in [5.74, 6) is 0.542. The largest absolute Gasteiger partial charge is 0.497 e. The lowest BCUT2D eigenvalue weighted by atomic mass is 9.97. The fourth-order valence-corrected chi connectivity index (χ4v) is 3.90. The highest BCUT2D eigenvalue weighted by Gasteiger charge is 2.25. The van der Waals surface area contributed by atoms with Gasteiger partial charge in [0.25, 0.3) is 0 Å². The van der Waals surface area contributed by atoms with Crippen LogP contribution in [-0.4, -0.2) is 40.8 Å². The Hall–Kier alpha value is -3.12. The molecule has 150 valence electrons. The monoisotopic (exact) mass is 390 g/mol. The molecule has 1 aromatic heterocycles. The van der Waals surface area contributed by atoms with Crippen molar-refractivity contribution in [1.29, 1.82) is 0 Å². The minimum atomic E-state index is -0.204. The highest BCUT2D eigenvalue weighted by molar-refractivity contribution is 5.77. The fraction of sp³-hybridized carbons (Fsp3) is 0.304. The number of hydrogen-bond acceptors (Lipinski definition) is 4. The third kappa shape index (κ3) is 4.32. The van der Waals surface area contributed by atoms with E-state index in [0.717, 1.165) is 54.2 Å². The van der Waals surface area contributed by atoms with Crippen LogP contribution in [0.2, 0.25) is 0 Å². The smallest absolute Gasteiger partial charge is 0.221 e. The van der Waals surface area contributed by atoms with Crippen LogP contribution in [0.3, 0.4) is 0 Å². The highest BCUT2D eigenvalue weighted by atomic mass is 16.5. The molecule has 2 heterocycles. The summed E-state index contributed by atoms with van der Waals surface area (Å²) in [6.45, 7) is 2.40. The molecule has 3 aromatic rings. The molecule has 1 aliphatic heterocycles. The van der Waals surface area contributed by atoms with Crippen LogP contribution in [0.4, 0.5) is 0 Å². The number of rotatable bonds is 6. The maximum atomic E-state index is 11.7. The summed E-state index contributed by atoms with van der Waals surface area (Å²) < 4.78 is 7.21. The van der Waals surface area contributed by atoms with Crippen LogP contribution in [0.5, 0.6) is 5.75 Å². The second-order valence-corrected chi connectivity index (χ2v) is 7.49. The van der Waals surface area contributed by atoms with E-state index in [2.05, 4.69) is 11.1 Å². The van der Waals surface area contributed by atoms with Crippen LogP contribution in [-0.2, 0) is 11.3 Å². The molecular weight excluding hydrogens is 364 g/mol. The second kappa shape index (κ2) is 8.49. The Morgan fingerprint density at radius 3 is 2.62 bits per heavy atom. The third-order valence-corrected chi connectivity index (χ3v) is 5.48. The molecule has 0 radical (unpaired) electrons.